The first-order chi connectivity index (χ1) is 21.5. The van der Waals surface area contributed by atoms with Crippen molar-refractivity contribution in [2.24, 2.45) is 5.92 Å². The van der Waals surface area contributed by atoms with Gasteiger partial charge in [-0.1, -0.05) is 41.5 Å². The highest BCUT2D eigenvalue weighted by Crippen LogP contribution is 2.32. The maximum Gasteiger partial charge on any atom is 0.407 e. The van der Waals surface area contributed by atoms with E-state index in [1.165, 1.54) is 10.5 Å². The topological polar surface area (TPSA) is 125 Å². The van der Waals surface area contributed by atoms with E-state index < -0.39 is 6.09 Å². The summed E-state index contributed by atoms with van der Waals surface area (Å²) in [7, 11) is 0. The molecule has 3 atom stereocenters. The molecule has 10 nitrogen and oxygen atoms in total. The first-order valence-electron chi connectivity index (χ1n) is 15.3. The number of ether oxygens (including phenoxy) is 2. The van der Waals surface area contributed by atoms with Gasteiger partial charge in [0.25, 0.3) is 6.47 Å². The Labute approximate surface area is 273 Å². The van der Waals surface area contributed by atoms with Gasteiger partial charge in [0, 0.05) is 43.8 Å². The fraction of sp³-hybridized carbons (Fsp3) is 0.529. The predicted octanol–water partition coefficient (Wildman–Crippen LogP) is 6.14. The maximum atomic E-state index is 12.3. The van der Waals surface area contributed by atoms with E-state index in [-0.39, 0.29) is 23.9 Å². The summed E-state index contributed by atoms with van der Waals surface area (Å²) < 4.78 is 9.57. The molecule has 1 saturated heterocycles. The van der Waals surface area contributed by atoms with Crippen molar-refractivity contribution in [3.05, 3.63) is 71.8 Å². The van der Waals surface area contributed by atoms with Crippen LogP contribution in [0.4, 0.5) is 4.79 Å². The number of fused-ring (bicyclic) bond motifs is 1. The predicted molar refractivity (Wildman–Crippen MR) is 177 cm³/mol. The zero-order valence-electron chi connectivity index (χ0n) is 27.0. The molecule has 1 saturated carbocycles. The van der Waals surface area contributed by atoms with Crippen molar-refractivity contribution >= 4 is 36.0 Å². The van der Waals surface area contributed by atoms with Gasteiger partial charge in [0.05, 0.1) is 13.2 Å². The van der Waals surface area contributed by atoms with Gasteiger partial charge in [0.15, 0.2) is 0 Å². The Hall–Kier alpha value is -3.63. The van der Waals surface area contributed by atoms with Crippen molar-refractivity contribution in [3.63, 3.8) is 0 Å². The van der Waals surface area contributed by atoms with Gasteiger partial charge < -0.3 is 24.8 Å². The van der Waals surface area contributed by atoms with Crippen LogP contribution in [-0.4, -0.2) is 77.7 Å². The first-order valence-corrected chi connectivity index (χ1v) is 15.7. The first kappa shape index (κ1) is 39.4. The lowest BCUT2D eigenvalue weighted by Gasteiger charge is -2.24. The lowest BCUT2D eigenvalue weighted by Crippen LogP contribution is -2.46. The Morgan fingerprint density at radius 3 is 2.42 bits per heavy atom. The standard InChI is InChI=1S/C18H28N2O3.C9H8ClNO2.C4H8.C3H6O2/c1-3-5-11-23-12-7-9-17(21)20-10-6-8-16(20)18(22)19-15-13-14(15)4-2;10-8-3-1-2-6-4-11(9(12)13)5-7(6)8;1-4(2)3;1-2-5-3-4/h3-4,14-16H,1-2,5-13H2,(H,19,22);1-3H,4-5H2,(H,12,13);1H2,2-3H3;3H,2H2,1H3/t14-,15?,16?;;;/m1.../s1. The van der Waals surface area contributed by atoms with Crippen molar-refractivity contribution in [1.82, 2.24) is 15.1 Å². The monoisotopic (exact) mass is 647 g/mol. The van der Waals surface area contributed by atoms with Crippen LogP contribution in [0, 0.1) is 5.92 Å². The molecule has 1 aromatic rings. The maximum absolute atomic E-state index is 12.3. The fourth-order valence-corrected chi connectivity index (χ4v) is 4.83. The lowest BCUT2D eigenvalue weighted by molar-refractivity contribution is -0.138. The smallest absolute Gasteiger partial charge is 0.407 e. The Kier molecular flexibility index (Phi) is 19.2. The molecule has 2 heterocycles. The van der Waals surface area contributed by atoms with Gasteiger partial charge in [0.1, 0.15) is 6.04 Å². The normalized spacial score (nSPS) is 18.7. The lowest BCUT2D eigenvalue weighted by atomic mass is 10.1. The summed E-state index contributed by atoms with van der Waals surface area (Å²) in [6, 6.07) is 5.45. The Morgan fingerprint density at radius 2 is 1.89 bits per heavy atom. The van der Waals surface area contributed by atoms with E-state index in [0.29, 0.717) is 69.7 Å². The van der Waals surface area contributed by atoms with Crippen LogP contribution in [-0.2, 0) is 36.9 Å². The zero-order valence-corrected chi connectivity index (χ0v) is 27.7. The van der Waals surface area contributed by atoms with E-state index in [1.54, 1.807) is 17.9 Å². The molecule has 4 rings (SSSR count). The molecule has 45 heavy (non-hydrogen) atoms. The number of likely N-dealkylation sites (tertiary alicyclic amines) is 1. The minimum Gasteiger partial charge on any atom is -0.468 e. The minimum absolute atomic E-state index is 0.00701. The highest BCUT2D eigenvalue weighted by Gasteiger charge is 2.40. The molecule has 0 radical (unpaired) electrons. The summed E-state index contributed by atoms with van der Waals surface area (Å²) >= 11 is 5.92. The van der Waals surface area contributed by atoms with Crippen LogP contribution < -0.4 is 5.32 Å². The molecule has 2 aliphatic heterocycles. The van der Waals surface area contributed by atoms with Crippen molar-refractivity contribution in [2.45, 2.75) is 84.5 Å². The summed E-state index contributed by atoms with van der Waals surface area (Å²) in [4.78, 5) is 47.6. The highest BCUT2D eigenvalue weighted by molar-refractivity contribution is 6.31. The molecule has 1 aliphatic carbocycles. The summed E-state index contributed by atoms with van der Waals surface area (Å²) in [5.74, 6) is 0.454. The van der Waals surface area contributed by atoms with Gasteiger partial charge in [-0.25, -0.2) is 4.79 Å². The van der Waals surface area contributed by atoms with E-state index in [2.05, 4.69) is 29.8 Å². The molecule has 11 heteroatoms. The number of hydrogen-bond acceptors (Lipinski definition) is 6. The summed E-state index contributed by atoms with van der Waals surface area (Å²) in [6.07, 6.45) is 7.40. The van der Waals surface area contributed by atoms with Gasteiger partial charge in [-0.05, 0) is 76.0 Å². The van der Waals surface area contributed by atoms with E-state index in [4.69, 9.17) is 21.4 Å². The quantitative estimate of drug-likeness (QED) is 0.159. The fourth-order valence-electron chi connectivity index (χ4n) is 4.58. The number of allylic oxidation sites excluding steroid dienone is 1. The largest absolute Gasteiger partial charge is 0.468 e. The number of carboxylic acid groups (broad SMARTS) is 1. The summed E-state index contributed by atoms with van der Waals surface area (Å²) in [6.45, 7) is 20.3. The molecule has 250 valence electrons. The summed E-state index contributed by atoms with van der Waals surface area (Å²) in [5, 5.41) is 12.4. The molecule has 2 unspecified atom stereocenters. The van der Waals surface area contributed by atoms with Crippen LogP contribution in [0.15, 0.2) is 55.7 Å². The molecular weight excluding hydrogens is 598 g/mol. The second-order valence-corrected chi connectivity index (χ2v) is 11.5. The van der Waals surface area contributed by atoms with Crippen LogP contribution in [0.3, 0.4) is 0 Å². The van der Waals surface area contributed by atoms with Crippen LogP contribution in [0.5, 0.6) is 0 Å². The number of rotatable bonds is 12. The summed E-state index contributed by atoms with van der Waals surface area (Å²) in [5.41, 5.74) is 3.11. The molecule has 0 bridgehead atoms. The number of nitrogens with one attached hydrogen (secondary N) is 1. The van der Waals surface area contributed by atoms with Gasteiger partial charge in [-0.2, -0.15) is 0 Å². The minimum atomic E-state index is -0.896. The Bertz CT molecular complexity index is 1140. The molecule has 3 amide bonds. The highest BCUT2D eigenvalue weighted by atomic mass is 35.5. The van der Waals surface area contributed by atoms with E-state index in [9.17, 15) is 19.2 Å². The van der Waals surface area contributed by atoms with Crippen LogP contribution in [0.2, 0.25) is 5.02 Å². The number of halogens is 1. The molecule has 1 aromatic carbocycles. The molecule has 0 spiro atoms. The molecule has 2 N–H and O–H groups in total. The van der Waals surface area contributed by atoms with E-state index in [1.807, 2.05) is 38.1 Å². The van der Waals surface area contributed by atoms with Crippen LogP contribution in [0.25, 0.3) is 0 Å². The van der Waals surface area contributed by atoms with Gasteiger partial charge in [-0.3, -0.25) is 19.3 Å². The van der Waals surface area contributed by atoms with E-state index in [0.717, 1.165) is 36.8 Å². The van der Waals surface area contributed by atoms with Crippen molar-refractivity contribution in [3.8, 4) is 0 Å². The number of hydrogen-bond donors (Lipinski definition) is 2. The third-order valence-electron chi connectivity index (χ3n) is 6.92. The van der Waals surface area contributed by atoms with Crippen LogP contribution >= 0.6 is 11.6 Å². The average molecular weight is 648 g/mol. The zero-order chi connectivity index (χ0) is 33.8. The van der Waals surface area contributed by atoms with Crippen molar-refractivity contribution in [1.29, 1.82) is 0 Å². The molecule has 2 fully saturated rings. The molecule has 0 aromatic heterocycles. The second kappa shape index (κ2) is 22.0. The number of benzene rings is 1. The number of nitrogens with zero attached hydrogens (tertiary/aromatic N) is 2. The van der Waals surface area contributed by atoms with Crippen molar-refractivity contribution in [2.75, 3.05) is 26.4 Å². The van der Waals surface area contributed by atoms with E-state index >= 15 is 0 Å². The van der Waals surface area contributed by atoms with Crippen LogP contribution in [0.1, 0.15) is 70.4 Å². The number of carbonyl (C=O) groups excluding carboxylic acids is 3. The van der Waals surface area contributed by atoms with Crippen molar-refractivity contribution < 1.29 is 33.8 Å². The Morgan fingerprint density at radius 1 is 1.18 bits per heavy atom. The molecule has 3 aliphatic rings. The molecular formula is C34H50ClN3O7. The van der Waals surface area contributed by atoms with Gasteiger partial charge in [0.2, 0.25) is 11.8 Å². The number of carbonyl (C=O) groups is 4. The number of amides is 3. The SMILES string of the molecule is C=C(C)C.C=CCCOCCCC(=O)N1CCCC1C(=O)NC1C[C@H]1C=C.CCOC=O.O=C(O)N1Cc2cccc(Cl)c2C1. The third kappa shape index (κ3) is 15.3. The average Bonchev–Trinajstić information content (AvgIpc) is 3.35. The van der Waals surface area contributed by atoms with Gasteiger partial charge >= 0.3 is 6.09 Å². The third-order valence-corrected chi connectivity index (χ3v) is 7.28. The van der Waals surface area contributed by atoms with Gasteiger partial charge in [-0.15, -0.1) is 19.7 Å². The second-order valence-electron chi connectivity index (χ2n) is 11.1. The Balaban J connectivity index is 0.000000383.